The molecule has 3 heterocycles. The Morgan fingerprint density at radius 2 is 1.69 bits per heavy atom. The molecular formula is C28H30F2N4O. The smallest absolute Gasteiger partial charge is 0.270 e. The summed E-state index contributed by atoms with van der Waals surface area (Å²) in [6.07, 6.45) is 0.589. The van der Waals surface area contributed by atoms with Crippen LogP contribution in [-0.4, -0.2) is 40.5 Å². The molecule has 0 radical (unpaired) electrons. The minimum atomic E-state index is -2.88. The first kappa shape index (κ1) is 23.3. The summed E-state index contributed by atoms with van der Waals surface area (Å²) in [5.41, 5.74) is 5.19. The van der Waals surface area contributed by atoms with Crippen LogP contribution >= 0.6 is 0 Å². The van der Waals surface area contributed by atoms with Crippen molar-refractivity contribution in [3.05, 3.63) is 88.2 Å². The number of carbonyl (C=O) groups excluding carboxylic acids is 1. The van der Waals surface area contributed by atoms with Gasteiger partial charge in [-0.3, -0.25) is 9.69 Å². The lowest BCUT2D eigenvalue weighted by atomic mass is 10.0. The van der Waals surface area contributed by atoms with E-state index in [9.17, 15) is 13.6 Å². The third-order valence-corrected chi connectivity index (χ3v) is 6.89. The quantitative estimate of drug-likeness (QED) is 0.482. The van der Waals surface area contributed by atoms with E-state index in [2.05, 4.69) is 35.4 Å². The van der Waals surface area contributed by atoms with Gasteiger partial charge in [-0.2, -0.15) is 0 Å². The van der Waals surface area contributed by atoms with E-state index in [1.165, 1.54) is 12.1 Å². The van der Waals surface area contributed by atoms with E-state index in [1.54, 1.807) is 24.1 Å². The number of carbonyl (C=O) groups is 1. The number of alkyl halides is 2. The van der Waals surface area contributed by atoms with Crippen LogP contribution in [0.4, 0.5) is 14.5 Å². The summed E-state index contributed by atoms with van der Waals surface area (Å²) in [5.74, 6) is -2.27. The van der Waals surface area contributed by atoms with Gasteiger partial charge in [0.2, 0.25) is 5.96 Å². The lowest BCUT2D eigenvalue weighted by Crippen LogP contribution is -2.48. The van der Waals surface area contributed by atoms with Crippen LogP contribution in [0.25, 0.3) is 0 Å². The van der Waals surface area contributed by atoms with Crippen molar-refractivity contribution in [3.63, 3.8) is 0 Å². The average molecular weight is 477 g/mol. The first-order valence-electron chi connectivity index (χ1n) is 11.8. The highest BCUT2D eigenvalue weighted by Crippen LogP contribution is 2.41. The van der Waals surface area contributed by atoms with Crippen molar-refractivity contribution < 1.29 is 13.6 Å². The highest BCUT2D eigenvalue weighted by Gasteiger charge is 2.45. The molecule has 0 fully saturated rings. The summed E-state index contributed by atoms with van der Waals surface area (Å²) in [5, 5.41) is 0. The van der Waals surface area contributed by atoms with Gasteiger partial charge in [-0.15, -0.1) is 0 Å². The molecule has 0 aliphatic carbocycles. The standard InChI is InChI=1S/C28H30F2N4O/c1-18-24-23(25(35)32(5)26-31-27(2,3)17-34(24)26)22(15-19-9-7-6-8-10-19)33(18)16-20-11-13-21(14-12-20)28(4,29)30/h6-14H,15-17H2,1-5H3. The number of hydrogen-bond donors (Lipinski definition) is 0. The molecular weight excluding hydrogens is 446 g/mol. The van der Waals surface area contributed by atoms with Crippen molar-refractivity contribution in [1.29, 1.82) is 0 Å². The molecule has 2 aliphatic heterocycles. The average Bonchev–Trinajstić information content (AvgIpc) is 3.26. The molecule has 3 aromatic rings. The maximum Gasteiger partial charge on any atom is 0.270 e. The van der Waals surface area contributed by atoms with E-state index >= 15 is 0 Å². The number of rotatable bonds is 5. The van der Waals surface area contributed by atoms with Gasteiger partial charge in [0, 0.05) is 43.9 Å². The van der Waals surface area contributed by atoms with Crippen molar-refractivity contribution in [1.82, 2.24) is 9.47 Å². The molecule has 35 heavy (non-hydrogen) atoms. The van der Waals surface area contributed by atoms with E-state index in [0.717, 1.165) is 35.1 Å². The number of nitrogens with zero attached hydrogens (tertiary/aromatic N) is 4. The molecule has 0 saturated carbocycles. The molecule has 0 spiro atoms. The van der Waals surface area contributed by atoms with Crippen LogP contribution in [0.15, 0.2) is 59.6 Å². The Morgan fingerprint density at radius 1 is 1.03 bits per heavy atom. The predicted molar refractivity (Wildman–Crippen MR) is 134 cm³/mol. The minimum absolute atomic E-state index is 0.00812. The number of aliphatic imine (C=N–C) groups is 1. The van der Waals surface area contributed by atoms with Crippen LogP contribution in [0.1, 0.15) is 59.2 Å². The fourth-order valence-corrected chi connectivity index (χ4v) is 5.13. The second-order valence-electron chi connectivity index (χ2n) is 10.3. The second-order valence-corrected chi connectivity index (χ2v) is 10.3. The molecule has 2 aromatic carbocycles. The number of amides is 1. The van der Waals surface area contributed by atoms with Gasteiger partial charge in [0.25, 0.3) is 11.8 Å². The summed E-state index contributed by atoms with van der Waals surface area (Å²) >= 11 is 0. The molecule has 182 valence electrons. The van der Waals surface area contributed by atoms with E-state index in [1.807, 2.05) is 25.1 Å². The van der Waals surface area contributed by atoms with Gasteiger partial charge >= 0.3 is 0 Å². The van der Waals surface area contributed by atoms with Gasteiger partial charge < -0.3 is 9.47 Å². The Labute approximate surface area is 204 Å². The van der Waals surface area contributed by atoms with E-state index in [-0.39, 0.29) is 17.0 Å². The van der Waals surface area contributed by atoms with Gasteiger partial charge in [0.05, 0.1) is 23.3 Å². The Balaban J connectivity index is 1.64. The zero-order chi connectivity index (χ0) is 25.1. The fraction of sp³-hybridized carbons (Fsp3) is 0.357. The number of halogens is 2. The highest BCUT2D eigenvalue weighted by molar-refractivity contribution is 6.20. The lowest BCUT2D eigenvalue weighted by molar-refractivity contribution is 0.0174. The van der Waals surface area contributed by atoms with Gasteiger partial charge in [-0.25, -0.2) is 13.8 Å². The summed E-state index contributed by atoms with van der Waals surface area (Å²) in [6, 6.07) is 16.5. The highest BCUT2D eigenvalue weighted by atomic mass is 19.3. The molecule has 5 rings (SSSR count). The first-order valence-corrected chi connectivity index (χ1v) is 11.8. The molecule has 0 saturated heterocycles. The fourth-order valence-electron chi connectivity index (χ4n) is 5.13. The molecule has 0 bridgehead atoms. The first-order chi connectivity index (χ1) is 16.5. The largest absolute Gasteiger partial charge is 0.341 e. The maximum absolute atomic E-state index is 13.7. The third kappa shape index (κ3) is 4.03. The normalized spacial score (nSPS) is 16.9. The van der Waals surface area contributed by atoms with Gasteiger partial charge in [0.1, 0.15) is 0 Å². The Kier molecular flexibility index (Phi) is 5.34. The number of aromatic nitrogens is 1. The number of anilines is 1. The van der Waals surface area contributed by atoms with Crippen molar-refractivity contribution in [2.75, 3.05) is 18.5 Å². The molecule has 2 aliphatic rings. The summed E-state index contributed by atoms with van der Waals surface area (Å²) in [4.78, 5) is 22.3. The van der Waals surface area contributed by atoms with Crippen LogP contribution in [0.3, 0.4) is 0 Å². The molecule has 0 N–H and O–H groups in total. The van der Waals surface area contributed by atoms with Crippen molar-refractivity contribution in [2.45, 2.75) is 52.1 Å². The Bertz CT molecular complexity index is 1320. The number of fused-ring (bicyclic) bond motifs is 3. The van der Waals surface area contributed by atoms with Crippen LogP contribution < -0.4 is 4.90 Å². The van der Waals surface area contributed by atoms with Crippen LogP contribution in [0, 0.1) is 6.92 Å². The van der Waals surface area contributed by atoms with E-state index < -0.39 is 5.92 Å². The molecule has 7 heteroatoms. The minimum Gasteiger partial charge on any atom is -0.341 e. The predicted octanol–water partition coefficient (Wildman–Crippen LogP) is 5.59. The van der Waals surface area contributed by atoms with Crippen LogP contribution in [0.2, 0.25) is 0 Å². The second kappa shape index (κ2) is 8.04. The summed E-state index contributed by atoms with van der Waals surface area (Å²) in [7, 11) is 1.78. The maximum atomic E-state index is 13.7. The number of benzene rings is 2. The zero-order valence-electron chi connectivity index (χ0n) is 20.8. The molecule has 0 atom stereocenters. The topological polar surface area (TPSA) is 40.8 Å². The Hall–Kier alpha value is -3.48. The van der Waals surface area contributed by atoms with Gasteiger partial charge in [0.15, 0.2) is 0 Å². The number of guanidine groups is 1. The summed E-state index contributed by atoms with van der Waals surface area (Å²) in [6.45, 7) is 8.24. The molecule has 1 aromatic heterocycles. The summed E-state index contributed by atoms with van der Waals surface area (Å²) < 4.78 is 29.6. The third-order valence-electron chi connectivity index (χ3n) is 6.89. The number of hydrogen-bond acceptors (Lipinski definition) is 3. The van der Waals surface area contributed by atoms with Gasteiger partial charge in [-0.05, 0) is 31.9 Å². The van der Waals surface area contributed by atoms with E-state index in [4.69, 9.17) is 4.99 Å². The molecule has 0 unspecified atom stereocenters. The monoisotopic (exact) mass is 476 g/mol. The van der Waals surface area contributed by atoms with Crippen LogP contribution in [-0.2, 0) is 18.9 Å². The zero-order valence-corrected chi connectivity index (χ0v) is 20.8. The van der Waals surface area contributed by atoms with Crippen molar-refractivity contribution >= 4 is 17.6 Å². The lowest BCUT2D eigenvalue weighted by Gasteiger charge is -2.33. The SMILES string of the molecule is Cc1c2c(c(Cc3ccccc3)n1Cc1ccc(C(C)(F)F)cc1)C(=O)N(C)C1=NC(C)(C)CN12. The van der Waals surface area contributed by atoms with Crippen LogP contribution in [0.5, 0.6) is 0 Å². The van der Waals surface area contributed by atoms with Gasteiger partial charge in [-0.1, -0.05) is 54.6 Å². The van der Waals surface area contributed by atoms with Crippen molar-refractivity contribution in [3.8, 4) is 0 Å². The van der Waals surface area contributed by atoms with Crippen molar-refractivity contribution in [2.24, 2.45) is 4.99 Å². The Morgan fingerprint density at radius 3 is 2.31 bits per heavy atom. The molecule has 5 nitrogen and oxygen atoms in total. The van der Waals surface area contributed by atoms with E-state index in [0.29, 0.717) is 31.0 Å². The molecule has 1 amide bonds.